The van der Waals surface area contributed by atoms with Crippen LogP contribution in [0.3, 0.4) is 0 Å². The van der Waals surface area contributed by atoms with Gasteiger partial charge in [-0.25, -0.2) is 8.78 Å². The summed E-state index contributed by atoms with van der Waals surface area (Å²) in [5.41, 5.74) is 5.97. The van der Waals surface area contributed by atoms with Crippen LogP contribution < -0.4 is 5.73 Å². The Hall–Kier alpha value is -1.40. The van der Waals surface area contributed by atoms with Gasteiger partial charge < -0.3 is 5.73 Å². The first kappa shape index (κ1) is 11.7. The predicted octanol–water partition coefficient (Wildman–Crippen LogP) is 2.44. The molecule has 0 aliphatic heterocycles. The van der Waals surface area contributed by atoms with Crippen LogP contribution in [0, 0.1) is 23.5 Å². The molecule has 1 rings (SSSR count). The van der Waals surface area contributed by atoms with Gasteiger partial charge in [0.1, 0.15) is 11.6 Å². The van der Waals surface area contributed by atoms with Gasteiger partial charge in [0.25, 0.3) is 0 Å². The summed E-state index contributed by atoms with van der Waals surface area (Å²) in [6.07, 6.45) is 1.72. The zero-order valence-electron chi connectivity index (χ0n) is 8.56. The van der Waals surface area contributed by atoms with E-state index < -0.39 is 11.6 Å². The SMILES string of the molecule is CCCC(N)C#Cc1cc(F)cc(F)c1. The molecule has 1 atom stereocenters. The molecule has 3 heteroatoms. The van der Waals surface area contributed by atoms with Gasteiger partial charge in [-0.05, 0) is 18.6 Å². The van der Waals surface area contributed by atoms with Crippen LogP contribution in [0.2, 0.25) is 0 Å². The highest BCUT2D eigenvalue weighted by Gasteiger charge is 1.98. The average Bonchev–Trinajstić information content (AvgIpc) is 2.14. The van der Waals surface area contributed by atoms with Gasteiger partial charge in [-0.3, -0.25) is 0 Å². The first-order valence-corrected chi connectivity index (χ1v) is 4.85. The first-order valence-electron chi connectivity index (χ1n) is 4.85. The summed E-state index contributed by atoms with van der Waals surface area (Å²) < 4.78 is 25.5. The Morgan fingerprint density at radius 3 is 2.40 bits per heavy atom. The first-order chi connectivity index (χ1) is 7.11. The third kappa shape index (κ3) is 4.09. The Bertz CT molecular complexity index is 370. The Kier molecular flexibility index (Phi) is 4.26. The molecule has 80 valence electrons. The molecule has 1 aromatic carbocycles. The lowest BCUT2D eigenvalue weighted by Gasteiger charge is -1.99. The van der Waals surface area contributed by atoms with Crippen LogP contribution in [0.5, 0.6) is 0 Å². The van der Waals surface area contributed by atoms with Crippen molar-refractivity contribution >= 4 is 0 Å². The van der Waals surface area contributed by atoms with Crippen LogP contribution in [0.4, 0.5) is 8.78 Å². The Labute approximate surface area is 88.3 Å². The molecule has 0 heterocycles. The van der Waals surface area contributed by atoms with E-state index in [4.69, 9.17) is 5.73 Å². The van der Waals surface area contributed by atoms with Crippen LogP contribution in [0.15, 0.2) is 18.2 Å². The molecule has 1 nitrogen and oxygen atoms in total. The number of halogens is 2. The summed E-state index contributed by atoms with van der Waals surface area (Å²) >= 11 is 0. The average molecular weight is 209 g/mol. The highest BCUT2D eigenvalue weighted by atomic mass is 19.1. The van der Waals surface area contributed by atoms with Crippen molar-refractivity contribution in [2.45, 2.75) is 25.8 Å². The van der Waals surface area contributed by atoms with E-state index in [0.29, 0.717) is 5.56 Å². The molecule has 0 radical (unpaired) electrons. The van der Waals surface area contributed by atoms with Gasteiger partial charge >= 0.3 is 0 Å². The summed E-state index contributed by atoms with van der Waals surface area (Å²) in [6.45, 7) is 2.00. The van der Waals surface area contributed by atoms with Crippen LogP contribution in [-0.4, -0.2) is 6.04 Å². The van der Waals surface area contributed by atoms with Crippen molar-refractivity contribution < 1.29 is 8.78 Å². The number of benzene rings is 1. The molecule has 1 unspecified atom stereocenters. The van der Waals surface area contributed by atoms with Crippen molar-refractivity contribution in [3.05, 3.63) is 35.4 Å². The maximum Gasteiger partial charge on any atom is 0.127 e. The summed E-state index contributed by atoms with van der Waals surface area (Å²) in [7, 11) is 0. The van der Waals surface area contributed by atoms with E-state index in [9.17, 15) is 8.78 Å². The lowest BCUT2D eigenvalue weighted by molar-refractivity contribution is 0.582. The van der Waals surface area contributed by atoms with Crippen molar-refractivity contribution in [1.29, 1.82) is 0 Å². The Balaban J connectivity index is 2.79. The molecule has 0 amide bonds. The topological polar surface area (TPSA) is 26.0 Å². The highest BCUT2D eigenvalue weighted by molar-refractivity contribution is 5.35. The fourth-order valence-corrected chi connectivity index (χ4v) is 1.19. The molecule has 1 aromatic rings. The molecular formula is C12H13F2N. The van der Waals surface area contributed by atoms with Gasteiger partial charge in [0.15, 0.2) is 0 Å². The van der Waals surface area contributed by atoms with Crippen LogP contribution in [0.25, 0.3) is 0 Å². The lowest BCUT2D eigenvalue weighted by Crippen LogP contribution is -2.16. The summed E-state index contributed by atoms with van der Waals surface area (Å²) in [6, 6.07) is 2.96. The van der Waals surface area contributed by atoms with Gasteiger partial charge in [0.2, 0.25) is 0 Å². The molecule has 0 aliphatic rings. The summed E-state index contributed by atoms with van der Waals surface area (Å²) in [5.74, 6) is 4.16. The Morgan fingerprint density at radius 2 is 1.87 bits per heavy atom. The molecule has 0 spiro atoms. The van der Waals surface area contributed by atoms with Gasteiger partial charge in [-0.2, -0.15) is 0 Å². The smallest absolute Gasteiger partial charge is 0.127 e. The molecule has 0 aromatic heterocycles. The van der Waals surface area contributed by atoms with E-state index in [1.165, 1.54) is 12.1 Å². The van der Waals surface area contributed by atoms with E-state index in [2.05, 4.69) is 11.8 Å². The fourth-order valence-electron chi connectivity index (χ4n) is 1.19. The maximum absolute atomic E-state index is 12.8. The van der Waals surface area contributed by atoms with Gasteiger partial charge in [-0.1, -0.05) is 25.2 Å². The van der Waals surface area contributed by atoms with E-state index in [1.807, 2.05) is 6.92 Å². The van der Waals surface area contributed by atoms with E-state index >= 15 is 0 Å². The van der Waals surface area contributed by atoms with Crippen molar-refractivity contribution in [2.75, 3.05) is 0 Å². The monoisotopic (exact) mass is 209 g/mol. The van der Waals surface area contributed by atoms with Gasteiger partial charge in [0, 0.05) is 11.6 Å². The zero-order valence-corrected chi connectivity index (χ0v) is 8.56. The minimum Gasteiger partial charge on any atom is -0.318 e. The Morgan fingerprint density at radius 1 is 1.27 bits per heavy atom. The molecule has 0 bridgehead atoms. The second kappa shape index (κ2) is 5.47. The molecule has 0 aliphatic carbocycles. The third-order valence-electron chi connectivity index (χ3n) is 1.86. The van der Waals surface area contributed by atoms with E-state index in [-0.39, 0.29) is 6.04 Å². The van der Waals surface area contributed by atoms with Gasteiger partial charge in [-0.15, -0.1) is 0 Å². The van der Waals surface area contributed by atoms with Crippen LogP contribution in [0.1, 0.15) is 25.3 Å². The fraction of sp³-hybridized carbons (Fsp3) is 0.333. The second-order valence-corrected chi connectivity index (χ2v) is 3.32. The normalized spacial score (nSPS) is 11.7. The second-order valence-electron chi connectivity index (χ2n) is 3.32. The molecular weight excluding hydrogens is 196 g/mol. The molecule has 0 saturated heterocycles. The molecule has 15 heavy (non-hydrogen) atoms. The van der Waals surface area contributed by atoms with Crippen molar-refractivity contribution in [2.24, 2.45) is 5.73 Å². The molecule has 0 fully saturated rings. The summed E-state index contributed by atoms with van der Waals surface area (Å²) in [5, 5.41) is 0. The third-order valence-corrected chi connectivity index (χ3v) is 1.86. The van der Waals surface area contributed by atoms with Crippen LogP contribution in [-0.2, 0) is 0 Å². The number of rotatable bonds is 2. The molecule has 2 N–H and O–H groups in total. The van der Waals surface area contributed by atoms with E-state index in [0.717, 1.165) is 18.9 Å². The molecule has 0 saturated carbocycles. The zero-order chi connectivity index (χ0) is 11.3. The van der Waals surface area contributed by atoms with Crippen molar-refractivity contribution in [3.63, 3.8) is 0 Å². The van der Waals surface area contributed by atoms with Gasteiger partial charge in [0.05, 0.1) is 6.04 Å². The van der Waals surface area contributed by atoms with Crippen molar-refractivity contribution in [1.82, 2.24) is 0 Å². The quantitative estimate of drug-likeness (QED) is 0.744. The maximum atomic E-state index is 12.8. The minimum absolute atomic E-state index is 0.235. The number of nitrogens with two attached hydrogens (primary N) is 1. The minimum atomic E-state index is -0.622. The van der Waals surface area contributed by atoms with Crippen LogP contribution >= 0.6 is 0 Å². The highest BCUT2D eigenvalue weighted by Crippen LogP contribution is 2.06. The lowest BCUT2D eigenvalue weighted by atomic mass is 10.1. The standard InChI is InChI=1S/C12H13F2N/c1-2-3-12(15)5-4-9-6-10(13)8-11(14)7-9/h6-8,12H,2-3,15H2,1H3. The van der Waals surface area contributed by atoms with E-state index in [1.54, 1.807) is 0 Å². The van der Waals surface area contributed by atoms with Crippen molar-refractivity contribution in [3.8, 4) is 11.8 Å². The largest absolute Gasteiger partial charge is 0.318 e. The number of hydrogen-bond acceptors (Lipinski definition) is 1. The number of hydrogen-bond donors (Lipinski definition) is 1. The summed E-state index contributed by atoms with van der Waals surface area (Å²) in [4.78, 5) is 0. The predicted molar refractivity (Wildman–Crippen MR) is 56.1 cm³/mol.